The number of hydrogen-bond acceptors (Lipinski definition) is 4. The number of aromatic nitrogens is 1. The number of ether oxygens (including phenoxy) is 1. The topological polar surface area (TPSA) is 82.6 Å². The van der Waals surface area contributed by atoms with Crippen molar-refractivity contribution in [1.82, 2.24) is 9.88 Å². The molecule has 4 aromatic rings. The van der Waals surface area contributed by atoms with Gasteiger partial charge in [-0.3, -0.25) is 9.59 Å². The van der Waals surface area contributed by atoms with Crippen LogP contribution in [0.5, 0.6) is 5.75 Å². The van der Waals surface area contributed by atoms with E-state index >= 15 is 0 Å². The number of likely N-dealkylation sites (tertiary alicyclic amines) is 1. The third-order valence-electron chi connectivity index (χ3n) is 6.37. The molecule has 176 valence electrons. The van der Waals surface area contributed by atoms with Crippen molar-refractivity contribution in [1.29, 1.82) is 0 Å². The Hall–Kier alpha value is -4.39. The lowest BCUT2D eigenvalue weighted by Gasteiger charge is -2.25. The second-order valence-electron chi connectivity index (χ2n) is 8.39. The first-order valence-electron chi connectivity index (χ1n) is 11.2. The number of halogens is 1. The van der Waals surface area contributed by atoms with E-state index < -0.39 is 23.5 Å². The van der Waals surface area contributed by atoms with Gasteiger partial charge in [-0.05, 0) is 60.0 Å². The van der Waals surface area contributed by atoms with Gasteiger partial charge < -0.3 is 19.7 Å². The van der Waals surface area contributed by atoms with Gasteiger partial charge in [0.25, 0.3) is 11.7 Å². The molecule has 1 fully saturated rings. The Balaban J connectivity index is 1.54. The van der Waals surface area contributed by atoms with Crippen LogP contribution < -0.4 is 4.74 Å². The van der Waals surface area contributed by atoms with Gasteiger partial charge in [-0.1, -0.05) is 30.3 Å². The number of carbonyl (C=O) groups is 2. The molecule has 2 N–H and O–H groups in total. The Bertz CT molecular complexity index is 1440. The van der Waals surface area contributed by atoms with Gasteiger partial charge in [0.15, 0.2) is 0 Å². The second kappa shape index (κ2) is 9.10. The molecule has 35 heavy (non-hydrogen) atoms. The highest BCUT2D eigenvalue weighted by Crippen LogP contribution is 2.39. The maximum Gasteiger partial charge on any atom is 0.295 e. The number of ketones is 1. The number of nitrogens with one attached hydrogen (secondary N) is 1. The molecule has 7 heteroatoms. The van der Waals surface area contributed by atoms with Crippen LogP contribution in [0.1, 0.15) is 22.7 Å². The molecule has 1 atom stereocenters. The zero-order chi connectivity index (χ0) is 24.5. The summed E-state index contributed by atoms with van der Waals surface area (Å²) in [5.74, 6) is -1.50. The fourth-order valence-corrected chi connectivity index (χ4v) is 4.59. The molecule has 1 aliphatic rings. The van der Waals surface area contributed by atoms with Crippen molar-refractivity contribution in [2.24, 2.45) is 0 Å². The van der Waals surface area contributed by atoms with Gasteiger partial charge >= 0.3 is 0 Å². The molecule has 0 bridgehead atoms. The molecule has 1 unspecified atom stereocenters. The molecule has 1 aliphatic heterocycles. The number of H-pyrrole nitrogens is 1. The van der Waals surface area contributed by atoms with Gasteiger partial charge in [-0.2, -0.15) is 0 Å². The lowest BCUT2D eigenvalue weighted by Crippen LogP contribution is -2.31. The molecular weight excluding hydrogens is 447 g/mol. The molecule has 1 saturated heterocycles. The number of aromatic amines is 1. The van der Waals surface area contributed by atoms with Crippen LogP contribution in [0.25, 0.3) is 16.7 Å². The van der Waals surface area contributed by atoms with Crippen LogP contribution in [0.4, 0.5) is 4.39 Å². The van der Waals surface area contributed by atoms with Crippen LogP contribution in [0.3, 0.4) is 0 Å². The molecule has 2 heterocycles. The summed E-state index contributed by atoms with van der Waals surface area (Å²) in [5, 5.41) is 12.0. The first kappa shape index (κ1) is 22.4. The van der Waals surface area contributed by atoms with E-state index in [0.29, 0.717) is 12.0 Å². The Labute approximate surface area is 201 Å². The minimum absolute atomic E-state index is 0.00611. The van der Waals surface area contributed by atoms with Gasteiger partial charge in [0.2, 0.25) is 0 Å². The summed E-state index contributed by atoms with van der Waals surface area (Å²) in [6.45, 7) is 0.258. The zero-order valence-electron chi connectivity index (χ0n) is 19.0. The van der Waals surface area contributed by atoms with Crippen LogP contribution in [0.15, 0.2) is 84.6 Å². The summed E-state index contributed by atoms with van der Waals surface area (Å²) in [6.07, 6.45) is 2.37. The van der Waals surface area contributed by atoms with E-state index in [1.807, 2.05) is 54.7 Å². The molecule has 0 saturated carbocycles. The van der Waals surface area contributed by atoms with E-state index in [-0.39, 0.29) is 23.4 Å². The van der Waals surface area contributed by atoms with Crippen LogP contribution in [-0.4, -0.2) is 40.3 Å². The summed E-state index contributed by atoms with van der Waals surface area (Å²) < 4.78 is 18.8. The maximum absolute atomic E-state index is 13.4. The molecule has 6 nitrogen and oxygen atoms in total. The van der Waals surface area contributed by atoms with Crippen LogP contribution >= 0.6 is 0 Å². The highest BCUT2D eigenvalue weighted by atomic mass is 19.1. The van der Waals surface area contributed by atoms with Crippen LogP contribution in [-0.2, 0) is 16.0 Å². The number of hydrogen-bond donors (Lipinski definition) is 2. The standard InChI is InChI=1S/C28H23FN2O4/c1-35-21-11-12-23-22(15-21)19(16-30-23)13-14-31-25(17-5-3-2-4-6-17)24(27(33)28(31)34)26(32)18-7-9-20(29)10-8-18/h2-12,15-16,25,30,32H,13-14H2,1H3/b26-24-. The van der Waals surface area contributed by atoms with Gasteiger partial charge in [0.1, 0.15) is 17.3 Å². The van der Waals surface area contributed by atoms with E-state index in [1.165, 1.54) is 29.2 Å². The van der Waals surface area contributed by atoms with Gasteiger partial charge in [-0.25, -0.2) is 4.39 Å². The molecule has 0 spiro atoms. The van der Waals surface area contributed by atoms with Crippen molar-refractivity contribution in [2.75, 3.05) is 13.7 Å². The lowest BCUT2D eigenvalue weighted by atomic mass is 9.95. The highest BCUT2D eigenvalue weighted by molar-refractivity contribution is 6.46. The number of amides is 1. The highest BCUT2D eigenvalue weighted by Gasteiger charge is 2.45. The summed E-state index contributed by atoms with van der Waals surface area (Å²) in [5.41, 5.74) is 2.89. The number of methoxy groups -OCH3 is 1. The Morgan fingerprint density at radius 1 is 1.06 bits per heavy atom. The lowest BCUT2D eigenvalue weighted by molar-refractivity contribution is -0.139. The molecule has 3 aromatic carbocycles. The van der Waals surface area contributed by atoms with Crippen molar-refractivity contribution in [3.05, 3.63) is 107 Å². The number of Topliss-reactive ketones (excluding diaryl/α,β-unsaturated/α-hetero) is 1. The average Bonchev–Trinajstić information content (AvgIpc) is 3.40. The van der Waals surface area contributed by atoms with Gasteiger partial charge in [-0.15, -0.1) is 0 Å². The van der Waals surface area contributed by atoms with E-state index in [9.17, 15) is 19.1 Å². The summed E-state index contributed by atoms with van der Waals surface area (Å²) in [4.78, 5) is 31.0. The minimum Gasteiger partial charge on any atom is -0.507 e. The first-order valence-corrected chi connectivity index (χ1v) is 11.2. The van der Waals surface area contributed by atoms with Gasteiger partial charge in [0, 0.05) is 29.2 Å². The van der Waals surface area contributed by atoms with Crippen molar-refractivity contribution in [2.45, 2.75) is 12.5 Å². The monoisotopic (exact) mass is 470 g/mol. The third-order valence-corrected chi connectivity index (χ3v) is 6.37. The number of benzene rings is 3. The number of fused-ring (bicyclic) bond motifs is 1. The van der Waals surface area contributed by atoms with Crippen molar-refractivity contribution in [3.63, 3.8) is 0 Å². The van der Waals surface area contributed by atoms with Gasteiger partial charge in [0.05, 0.1) is 18.7 Å². The fourth-order valence-electron chi connectivity index (χ4n) is 4.59. The fraction of sp³-hybridized carbons (Fsp3) is 0.143. The quantitative estimate of drug-likeness (QED) is 0.237. The Kier molecular flexibility index (Phi) is 5.82. The van der Waals surface area contributed by atoms with Crippen molar-refractivity contribution >= 4 is 28.4 Å². The van der Waals surface area contributed by atoms with E-state index in [1.54, 1.807) is 7.11 Å². The predicted octanol–water partition coefficient (Wildman–Crippen LogP) is 4.98. The number of rotatable bonds is 6. The van der Waals surface area contributed by atoms with E-state index in [2.05, 4.69) is 4.98 Å². The predicted molar refractivity (Wildman–Crippen MR) is 130 cm³/mol. The Morgan fingerprint density at radius 3 is 2.51 bits per heavy atom. The number of aliphatic hydroxyl groups is 1. The van der Waals surface area contributed by atoms with Crippen LogP contribution in [0, 0.1) is 5.82 Å². The van der Waals surface area contributed by atoms with Crippen molar-refractivity contribution < 1.29 is 23.8 Å². The third kappa shape index (κ3) is 4.05. The van der Waals surface area contributed by atoms with Crippen LogP contribution in [0.2, 0.25) is 0 Å². The summed E-state index contributed by atoms with van der Waals surface area (Å²) in [6, 6.07) is 19.3. The largest absolute Gasteiger partial charge is 0.507 e. The van der Waals surface area contributed by atoms with Crippen molar-refractivity contribution in [3.8, 4) is 5.75 Å². The zero-order valence-corrected chi connectivity index (χ0v) is 19.0. The number of nitrogens with zero attached hydrogens (tertiary/aromatic N) is 1. The van der Waals surface area contributed by atoms with E-state index in [4.69, 9.17) is 4.74 Å². The molecular formula is C28H23FN2O4. The smallest absolute Gasteiger partial charge is 0.295 e. The Morgan fingerprint density at radius 2 is 1.80 bits per heavy atom. The van der Waals surface area contributed by atoms with E-state index in [0.717, 1.165) is 22.2 Å². The average molecular weight is 471 g/mol. The SMILES string of the molecule is COc1ccc2[nH]cc(CCN3C(=O)C(=O)/C(=C(\O)c4ccc(F)cc4)C3c3ccccc3)c2c1. The molecule has 1 amide bonds. The summed E-state index contributed by atoms with van der Waals surface area (Å²) in [7, 11) is 1.61. The molecule has 0 radical (unpaired) electrons. The molecule has 1 aromatic heterocycles. The first-order chi connectivity index (χ1) is 17.0. The normalized spacial score (nSPS) is 17.3. The maximum atomic E-state index is 13.4. The molecule has 0 aliphatic carbocycles. The molecule has 5 rings (SSSR count). The summed E-state index contributed by atoms with van der Waals surface area (Å²) >= 11 is 0. The number of carbonyl (C=O) groups excluding carboxylic acids is 2. The second-order valence-corrected chi connectivity index (χ2v) is 8.39. The number of aliphatic hydroxyl groups excluding tert-OH is 1. The minimum atomic E-state index is -0.763.